The molecule has 0 atom stereocenters. The van der Waals surface area contributed by atoms with Gasteiger partial charge in [-0.15, -0.1) is 11.3 Å². The summed E-state index contributed by atoms with van der Waals surface area (Å²) in [5.41, 5.74) is 1.20. The number of nitrogens with one attached hydrogen (secondary N) is 1. The molecule has 1 N–H and O–H groups in total. The van der Waals surface area contributed by atoms with Gasteiger partial charge in [0.2, 0.25) is 0 Å². The van der Waals surface area contributed by atoms with Crippen LogP contribution in [0.2, 0.25) is 0 Å². The molecule has 0 aliphatic rings. The van der Waals surface area contributed by atoms with Crippen molar-refractivity contribution in [1.82, 2.24) is 10.3 Å². The zero-order valence-electron chi connectivity index (χ0n) is 10.7. The van der Waals surface area contributed by atoms with Gasteiger partial charge in [-0.3, -0.25) is 0 Å². The molecule has 1 rings (SSSR count). The molecule has 0 saturated carbocycles. The van der Waals surface area contributed by atoms with Crippen LogP contribution in [0.5, 0.6) is 0 Å². The number of aromatic nitrogens is 1. The second-order valence-electron chi connectivity index (χ2n) is 4.28. The van der Waals surface area contributed by atoms with E-state index >= 15 is 0 Å². The van der Waals surface area contributed by atoms with E-state index in [1.165, 1.54) is 21.3 Å². The number of rotatable bonds is 7. The molecule has 0 aliphatic heterocycles. The fraction of sp³-hybridized carbons (Fsp3) is 0.750. The zero-order chi connectivity index (χ0) is 12.0. The summed E-state index contributed by atoms with van der Waals surface area (Å²) in [6.45, 7) is 10.8. The molecular formula is C12H22N2S2. The molecule has 1 heterocycles. The van der Waals surface area contributed by atoms with Crippen LogP contribution in [-0.4, -0.2) is 17.3 Å². The van der Waals surface area contributed by atoms with E-state index in [1.807, 2.05) is 23.1 Å². The van der Waals surface area contributed by atoms with Gasteiger partial charge in [0.15, 0.2) is 0 Å². The van der Waals surface area contributed by atoms with E-state index < -0.39 is 0 Å². The Morgan fingerprint density at radius 2 is 2.19 bits per heavy atom. The number of hydrogen-bond donors (Lipinski definition) is 1. The molecular weight excluding hydrogens is 236 g/mol. The van der Waals surface area contributed by atoms with Crippen LogP contribution < -0.4 is 5.32 Å². The highest BCUT2D eigenvalue weighted by Crippen LogP contribution is 2.21. The normalized spacial score (nSPS) is 11.3. The second kappa shape index (κ2) is 7.30. The van der Waals surface area contributed by atoms with Crippen molar-refractivity contribution >= 4 is 23.1 Å². The first-order valence-electron chi connectivity index (χ1n) is 5.87. The lowest BCUT2D eigenvalue weighted by Gasteiger charge is -2.05. The van der Waals surface area contributed by atoms with Crippen LogP contribution in [0.1, 0.15) is 36.3 Å². The molecule has 0 spiro atoms. The van der Waals surface area contributed by atoms with Crippen LogP contribution in [0.4, 0.5) is 0 Å². The Morgan fingerprint density at radius 1 is 1.44 bits per heavy atom. The molecule has 0 bridgehead atoms. The monoisotopic (exact) mass is 258 g/mol. The fourth-order valence-electron chi connectivity index (χ4n) is 1.38. The summed E-state index contributed by atoms with van der Waals surface area (Å²) in [6.07, 6.45) is 0. The van der Waals surface area contributed by atoms with Crippen LogP contribution in [0.3, 0.4) is 0 Å². The van der Waals surface area contributed by atoms with E-state index in [4.69, 9.17) is 0 Å². The van der Waals surface area contributed by atoms with E-state index in [0.717, 1.165) is 18.8 Å². The quantitative estimate of drug-likeness (QED) is 0.811. The predicted molar refractivity (Wildman–Crippen MR) is 75.2 cm³/mol. The van der Waals surface area contributed by atoms with Crippen LogP contribution >= 0.6 is 23.1 Å². The second-order valence-corrected chi connectivity index (χ2v) is 6.72. The van der Waals surface area contributed by atoms with Crippen molar-refractivity contribution in [1.29, 1.82) is 0 Å². The Balaban J connectivity index is 2.43. The van der Waals surface area contributed by atoms with E-state index in [9.17, 15) is 0 Å². The van der Waals surface area contributed by atoms with E-state index in [0.29, 0.717) is 5.92 Å². The minimum atomic E-state index is 0.711. The SMILES string of the molecule is CCSCc1nc(C)c(CNCC(C)C)s1. The van der Waals surface area contributed by atoms with Crippen LogP contribution in [0.25, 0.3) is 0 Å². The summed E-state index contributed by atoms with van der Waals surface area (Å²) in [6, 6.07) is 0. The van der Waals surface area contributed by atoms with Gasteiger partial charge in [-0.2, -0.15) is 11.8 Å². The Bertz CT molecular complexity index is 308. The van der Waals surface area contributed by atoms with Gasteiger partial charge in [-0.1, -0.05) is 20.8 Å². The molecule has 0 radical (unpaired) electrons. The third kappa shape index (κ3) is 4.85. The van der Waals surface area contributed by atoms with Crippen LogP contribution in [-0.2, 0) is 12.3 Å². The largest absolute Gasteiger partial charge is 0.312 e. The molecule has 2 nitrogen and oxygen atoms in total. The summed E-state index contributed by atoms with van der Waals surface area (Å²) < 4.78 is 0. The van der Waals surface area contributed by atoms with Crippen molar-refractivity contribution in [3.8, 4) is 0 Å². The molecule has 0 aliphatic carbocycles. The van der Waals surface area contributed by atoms with Crippen molar-refractivity contribution in [2.24, 2.45) is 5.92 Å². The van der Waals surface area contributed by atoms with Crippen molar-refractivity contribution in [3.05, 3.63) is 15.6 Å². The van der Waals surface area contributed by atoms with E-state index in [2.05, 4.69) is 38.0 Å². The molecule has 0 aromatic carbocycles. The summed E-state index contributed by atoms with van der Waals surface area (Å²) in [5, 5.41) is 4.74. The highest BCUT2D eigenvalue weighted by molar-refractivity contribution is 7.98. The molecule has 0 unspecified atom stereocenters. The third-order valence-corrected chi connectivity index (χ3v) is 4.43. The first-order valence-corrected chi connectivity index (χ1v) is 7.84. The summed E-state index contributed by atoms with van der Waals surface area (Å²) >= 11 is 3.80. The van der Waals surface area contributed by atoms with Gasteiger partial charge in [0, 0.05) is 17.2 Å². The standard InChI is InChI=1S/C12H22N2S2/c1-5-15-8-12-14-10(4)11(16-12)7-13-6-9(2)3/h9,13H,5-8H2,1-4H3. The highest BCUT2D eigenvalue weighted by atomic mass is 32.2. The Labute approximate surface area is 107 Å². The number of nitrogens with zero attached hydrogens (tertiary/aromatic N) is 1. The van der Waals surface area contributed by atoms with Gasteiger partial charge in [-0.25, -0.2) is 4.98 Å². The minimum Gasteiger partial charge on any atom is -0.312 e. The number of aryl methyl sites for hydroxylation is 1. The third-order valence-electron chi connectivity index (χ3n) is 2.20. The van der Waals surface area contributed by atoms with Crippen molar-refractivity contribution in [3.63, 3.8) is 0 Å². The molecule has 0 saturated heterocycles. The smallest absolute Gasteiger partial charge is 0.103 e. The van der Waals surface area contributed by atoms with Crippen molar-refractivity contribution in [2.45, 2.75) is 40.0 Å². The van der Waals surface area contributed by atoms with Gasteiger partial charge < -0.3 is 5.32 Å². The molecule has 92 valence electrons. The molecule has 1 aromatic heterocycles. The molecule has 16 heavy (non-hydrogen) atoms. The maximum atomic E-state index is 4.60. The van der Waals surface area contributed by atoms with Gasteiger partial charge in [0.1, 0.15) is 5.01 Å². The maximum absolute atomic E-state index is 4.60. The minimum absolute atomic E-state index is 0.711. The number of hydrogen-bond acceptors (Lipinski definition) is 4. The number of thiazole rings is 1. The van der Waals surface area contributed by atoms with Gasteiger partial charge in [0.05, 0.1) is 5.69 Å². The lowest BCUT2D eigenvalue weighted by atomic mass is 10.2. The molecule has 4 heteroatoms. The fourth-order valence-corrected chi connectivity index (χ4v) is 3.14. The Kier molecular flexibility index (Phi) is 6.39. The van der Waals surface area contributed by atoms with Gasteiger partial charge in [-0.05, 0) is 25.1 Å². The summed E-state index contributed by atoms with van der Waals surface area (Å²) in [7, 11) is 0. The van der Waals surface area contributed by atoms with E-state index in [1.54, 1.807) is 0 Å². The van der Waals surface area contributed by atoms with Crippen LogP contribution in [0, 0.1) is 12.8 Å². The highest BCUT2D eigenvalue weighted by Gasteiger charge is 2.07. The average Bonchev–Trinajstić information content (AvgIpc) is 2.56. The van der Waals surface area contributed by atoms with Gasteiger partial charge >= 0.3 is 0 Å². The number of thioether (sulfide) groups is 1. The zero-order valence-corrected chi connectivity index (χ0v) is 12.3. The van der Waals surface area contributed by atoms with Crippen molar-refractivity contribution in [2.75, 3.05) is 12.3 Å². The van der Waals surface area contributed by atoms with Crippen LogP contribution in [0.15, 0.2) is 0 Å². The van der Waals surface area contributed by atoms with Crippen molar-refractivity contribution < 1.29 is 0 Å². The first-order chi connectivity index (χ1) is 7.63. The Morgan fingerprint density at radius 3 is 2.81 bits per heavy atom. The predicted octanol–water partition coefficient (Wildman–Crippen LogP) is 3.45. The summed E-state index contributed by atoms with van der Waals surface area (Å²) in [5.74, 6) is 2.94. The lowest BCUT2D eigenvalue weighted by Crippen LogP contribution is -2.18. The molecule has 0 amide bonds. The average molecular weight is 258 g/mol. The molecule has 1 aromatic rings. The maximum Gasteiger partial charge on any atom is 0.103 e. The first kappa shape index (κ1) is 14.0. The molecule has 0 fully saturated rings. The summed E-state index contributed by atoms with van der Waals surface area (Å²) in [4.78, 5) is 6.00. The topological polar surface area (TPSA) is 24.9 Å². The van der Waals surface area contributed by atoms with Gasteiger partial charge in [0.25, 0.3) is 0 Å². The lowest BCUT2D eigenvalue weighted by molar-refractivity contribution is 0.554. The van der Waals surface area contributed by atoms with E-state index in [-0.39, 0.29) is 0 Å². The Hall–Kier alpha value is -0.0600.